The Hall–Kier alpha value is -4.56. The lowest BCUT2D eigenvalue weighted by Crippen LogP contribution is -2.37. The normalized spacial score (nSPS) is 15.8. The van der Waals surface area contributed by atoms with Gasteiger partial charge in [0, 0.05) is 36.7 Å². The van der Waals surface area contributed by atoms with Crippen LogP contribution in [0.4, 0.5) is 17.6 Å². The third-order valence-corrected chi connectivity index (χ3v) is 8.21. The van der Waals surface area contributed by atoms with Gasteiger partial charge in [-0.3, -0.25) is 5.01 Å². The predicted molar refractivity (Wildman–Crippen MR) is 164 cm³/mol. The number of fused-ring (bicyclic) bond motifs is 1. The number of H-pyrrole nitrogens is 1. The summed E-state index contributed by atoms with van der Waals surface area (Å²) in [7, 11) is 1.70. The fraction of sp³-hybridized carbons (Fsp3) is 0.273. The van der Waals surface area contributed by atoms with E-state index in [1.165, 1.54) is 38.7 Å². The van der Waals surface area contributed by atoms with Crippen LogP contribution in [0.2, 0.25) is 0 Å². The second-order valence-corrected chi connectivity index (χ2v) is 10.9. The van der Waals surface area contributed by atoms with E-state index in [2.05, 4.69) is 99.4 Å². The van der Waals surface area contributed by atoms with E-state index < -0.39 is 0 Å². The van der Waals surface area contributed by atoms with Gasteiger partial charge in [-0.25, -0.2) is 5.43 Å². The molecular formula is C33H35N7O. The number of nitrogens with one attached hydrogen (secondary N) is 3. The number of aromatic amines is 1. The number of ether oxygens (including phenoxy) is 1. The number of hydrogen-bond donors (Lipinski definition) is 3. The van der Waals surface area contributed by atoms with Crippen LogP contribution in [-0.2, 0) is 19.5 Å². The highest BCUT2D eigenvalue weighted by Crippen LogP contribution is 2.44. The van der Waals surface area contributed by atoms with Crippen molar-refractivity contribution in [2.24, 2.45) is 0 Å². The SMILES string of the molecule is COc1ccc(CN2CCC3NN(Cc4ccccc4)c4nc(NCCc5c[nH]c6c(C)cccc56)nc2c43)cc1. The molecule has 0 saturated carbocycles. The monoisotopic (exact) mass is 545 g/mol. The zero-order valence-electron chi connectivity index (χ0n) is 23.5. The number of hydrogen-bond acceptors (Lipinski definition) is 7. The average molecular weight is 546 g/mol. The minimum absolute atomic E-state index is 0.208. The molecule has 208 valence electrons. The Labute approximate surface area is 240 Å². The van der Waals surface area contributed by atoms with Crippen molar-refractivity contribution in [2.45, 2.75) is 38.9 Å². The van der Waals surface area contributed by atoms with E-state index in [0.29, 0.717) is 5.95 Å². The van der Waals surface area contributed by atoms with E-state index >= 15 is 0 Å². The van der Waals surface area contributed by atoms with Crippen LogP contribution in [0.25, 0.3) is 10.9 Å². The maximum atomic E-state index is 5.37. The molecule has 1 unspecified atom stereocenters. The van der Waals surface area contributed by atoms with Crippen LogP contribution < -0.4 is 25.4 Å². The van der Waals surface area contributed by atoms with Gasteiger partial charge in [0.15, 0.2) is 5.82 Å². The van der Waals surface area contributed by atoms with Crippen molar-refractivity contribution >= 4 is 28.5 Å². The number of hydrazine groups is 1. The lowest BCUT2D eigenvalue weighted by atomic mass is 10.0. The first-order valence-corrected chi connectivity index (χ1v) is 14.3. The standard InChI is InChI=1S/C33H35N7O/c1-22-7-6-10-27-25(19-35-30(22)27)15-17-34-33-36-31-29-28(16-18-39(31)20-24-11-13-26(41-2)14-12-24)38-40(32(29)37-33)21-23-8-4-3-5-9-23/h3-14,19,28,35,38H,15-18,20-21H2,1-2H3,(H,34,36,37). The van der Waals surface area contributed by atoms with Crippen molar-refractivity contribution in [3.63, 3.8) is 0 Å². The molecule has 7 rings (SSSR count). The van der Waals surface area contributed by atoms with Crippen molar-refractivity contribution in [1.29, 1.82) is 0 Å². The number of anilines is 3. The molecule has 0 fully saturated rings. The van der Waals surface area contributed by atoms with Crippen LogP contribution in [0.15, 0.2) is 79.0 Å². The number of aromatic nitrogens is 3. The van der Waals surface area contributed by atoms with E-state index in [1.807, 2.05) is 12.1 Å². The lowest BCUT2D eigenvalue weighted by Gasteiger charge is -2.32. The van der Waals surface area contributed by atoms with Gasteiger partial charge < -0.3 is 19.9 Å². The molecule has 8 heteroatoms. The van der Waals surface area contributed by atoms with Crippen LogP contribution in [0, 0.1) is 6.92 Å². The van der Waals surface area contributed by atoms with Crippen LogP contribution in [0.1, 0.15) is 40.3 Å². The Bertz CT molecular complexity index is 1670. The average Bonchev–Trinajstić information content (AvgIpc) is 3.58. The first kappa shape index (κ1) is 25.4. The summed E-state index contributed by atoms with van der Waals surface area (Å²) in [4.78, 5) is 16.0. The first-order chi connectivity index (χ1) is 20.2. The summed E-state index contributed by atoms with van der Waals surface area (Å²) in [5.41, 5.74) is 11.2. The highest BCUT2D eigenvalue weighted by Gasteiger charge is 2.38. The third kappa shape index (κ3) is 4.95. The van der Waals surface area contributed by atoms with E-state index in [4.69, 9.17) is 14.7 Å². The Balaban J connectivity index is 1.18. The number of rotatable bonds is 9. The summed E-state index contributed by atoms with van der Waals surface area (Å²) in [6.07, 6.45) is 4.00. The molecule has 0 spiro atoms. The molecule has 0 radical (unpaired) electrons. The summed E-state index contributed by atoms with van der Waals surface area (Å²) in [6.45, 7) is 5.33. The molecule has 2 aliphatic heterocycles. The van der Waals surface area contributed by atoms with E-state index in [0.717, 1.165) is 56.4 Å². The Morgan fingerprint density at radius 1 is 0.927 bits per heavy atom. The molecular weight excluding hydrogens is 510 g/mol. The summed E-state index contributed by atoms with van der Waals surface area (Å²) in [5.74, 6) is 3.51. The molecule has 8 nitrogen and oxygen atoms in total. The van der Waals surface area contributed by atoms with E-state index in [-0.39, 0.29) is 6.04 Å². The maximum absolute atomic E-state index is 5.37. The zero-order valence-corrected chi connectivity index (χ0v) is 23.5. The third-order valence-electron chi connectivity index (χ3n) is 8.21. The predicted octanol–water partition coefficient (Wildman–Crippen LogP) is 5.91. The van der Waals surface area contributed by atoms with Crippen LogP contribution >= 0.6 is 0 Å². The number of nitrogens with zero attached hydrogens (tertiary/aromatic N) is 4. The van der Waals surface area contributed by atoms with Crippen molar-refractivity contribution in [2.75, 3.05) is 35.4 Å². The minimum Gasteiger partial charge on any atom is -0.497 e. The van der Waals surface area contributed by atoms with Gasteiger partial charge in [0.1, 0.15) is 11.6 Å². The smallest absolute Gasteiger partial charge is 0.226 e. The minimum atomic E-state index is 0.208. The molecule has 0 saturated heterocycles. The van der Waals surface area contributed by atoms with Crippen molar-refractivity contribution in [3.8, 4) is 5.75 Å². The summed E-state index contributed by atoms with van der Waals surface area (Å²) in [5, 5.41) is 7.04. The van der Waals surface area contributed by atoms with Crippen LogP contribution in [0.3, 0.4) is 0 Å². The highest BCUT2D eigenvalue weighted by atomic mass is 16.5. The molecule has 0 amide bonds. The fourth-order valence-electron chi connectivity index (χ4n) is 6.07. The quantitative estimate of drug-likeness (QED) is 0.213. The largest absolute Gasteiger partial charge is 0.497 e. The molecule has 41 heavy (non-hydrogen) atoms. The van der Waals surface area contributed by atoms with Gasteiger partial charge >= 0.3 is 0 Å². The summed E-state index contributed by atoms with van der Waals surface area (Å²) < 4.78 is 5.37. The van der Waals surface area contributed by atoms with Gasteiger partial charge in [-0.1, -0.05) is 60.7 Å². The van der Waals surface area contributed by atoms with Gasteiger partial charge in [0.05, 0.1) is 25.3 Å². The molecule has 2 aliphatic rings. The molecule has 2 aromatic heterocycles. The molecule has 3 aromatic carbocycles. The lowest BCUT2D eigenvalue weighted by molar-refractivity contribution is 0.414. The summed E-state index contributed by atoms with van der Waals surface area (Å²) in [6, 6.07) is 25.5. The highest BCUT2D eigenvalue weighted by molar-refractivity contribution is 5.85. The van der Waals surface area contributed by atoms with E-state index in [1.54, 1.807) is 7.11 Å². The number of para-hydroxylation sites is 1. The van der Waals surface area contributed by atoms with Crippen molar-refractivity contribution in [1.82, 2.24) is 20.4 Å². The molecule has 4 heterocycles. The maximum Gasteiger partial charge on any atom is 0.226 e. The summed E-state index contributed by atoms with van der Waals surface area (Å²) >= 11 is 0. The fourth-order valence-corrected chi connectivity index (χ4v) is 6.07. The van der Waals surface area contributed by atoms with Crippen molar-refractivity contribution < 1.29 is 4.74 Å². The Morgan fingerprint density at radius 2 is 1.73 bits per heavy atom. The first-order valence-electron chi connectivity index (χ1n) is 14.3. The number of methoxy groups -OCH3 is 1. The van der Waals surface area contributed by atoms with Gasteiger partial charge in [-0.2, -0.15) is 9.97 Å². The van der Waals surface area contributed by atoms with E-state index in [9.17, 15) is 0 Å². The molecule has 3 N–H and O–H groups in total. The van der Waals surface area contributed by atoms with Gasteiger partial charge in [0.2, 0.25) is 5.95 Å². The van der Waals surface area contributed by atoms with Crippen LogP contribution in [0.5, 0.6) is 5.75 Å². The zero-order chi connectivity index (χ0) is 27.8. The number of aryl methyl sites for hydroxylation is 1. The number of benzene rings is 3. The second kappa shape index (κ2) is 10.8. The van der Waals surface area contributed by atoms with Gasteiger partial charge in [-0.05, 0) is 54.2 Å². The molecule has 0 aliphatic carbocycles. The van der Waals surface area contributed by atoms with Gasteiger partial charge in [0.25, 0.3) is 0 Å². The Morgan fingerprint density at radius 3 is 2.56 bits per heavy atom. The second-order valence-electron chi connectivity index (χ2n) is 10.9. The molecule has 1 atom stereocenters. The van der Waals surface area contributed by atoms with Crippen LogP contribution in [-0.4, -0.2) is 35.2 Å². The van der Waals surface area contributed by atoms with Gasteiger partial charge in [-0.15, -0.1) is 0 Å². The molecule has 5 aromatic rings. The Kier molecular flexibility index (Phi) is 6.68. The van der Waals surface area contributed by atoms with Crippen molar-refractivity contribution in [3.05, 3.63) is 107 Å². The topological polar surface area (TPSA) is 81.3 Å². The molecule has 0 bridgehead atoms.